The van der Waals surface area contributed by atoms with Gasteiger partial charge in [-0.25, -0.2) is 13.8 Å². The Labute approximate surface area is 168 Å². The number of carbonyl (C=O) groups excluding carboxylic acids is 1. The largest absolute Gasteiger partial charge is 0.423 e. The van der Waals surface area contributed by atoms with Crippen LogP contribution in [0, 0.1) is 11.6 Å². The van der Waals surface area contributed by atoms with Crippen LogP contribution in [0.1, 0.15) is 18.2 Å². The molecule has 0 amide bonds. The summed E-state index contributed by atoms with van der Waals surface area (Å²) in [6.07, 6.45) is 2.60. The first-order valence-corrected chi connectivity index (χ1v) is 8.70. The zero-order valence-corrected chi connectivity index (χ0v) is 16.0. The molecule has 2 aromatic carbocycles. The molecule has 3 nitrogen and oxygen atoms in total. The summed E-state index contributed by atoms with van der Waals surface area (Å²) >= 11 is 17.9. The maximum Gasteiger partial charge on any atom is 0.308 e. The molecule has 27 heavy (non-hydrogen) atoms. The van der Waals surface area contributed by atoms with Crippen molar-refractivity contribution in [3.63, 3.8) is 0 Å². The second-order valence-corrected chi connectivity index (χ2v) is 6.71. The van der Waals surface area contributed by atoms with Gasteiger partial charge in [-0.05, 0) is 42.5 Å². The van der Waals surface area contributed by atoms with Gasteiger partial charge in [0.05, 0.1) is 20.8 Å². The van der Waals surface area contributed by atoms with E-state index in [2.05, 4.69) is 4.98 Å². The van der Waals surface area contributed by atoms with Gasteiger partial charge in [-0.3, -0.25) is 4.79 Å². The van der Waals surface area contributed by atoms with Gasteiger partial charge in [0.2, 0.25) is 0 Å². The smallest absolute Gasteiger partial charge is 0.308 e. The van der Waals surface area contributed by atoms with Crippen molar-refractivity contribution in [2.24, 2.45) is 0 Å². The minimum Gasteiger partial charge on any atom is -0.423 e. The Balaban J connectivity index is 2.12. The fourth-order valence-corrected chi connectivity index (χ4v) is 3.13. The lowest BCUT2D eigenvalue weighted by Gasteiger charge is -2.10. The van der Waals surface area contributed by atoms with Crippen molar-refractivity contribution < 1.29 is 18.3 Å². The van der Waals surface area contributed by atoms with Gasteiger partial charge in [0.25, 0.3) is 0 Å². The van der Waals surface area contributed by atoms with E-state index >= 15 is 0 Å². The second kappa shape index (κ2) is 7.80. The molecule has 0 aliphatic rings. The van der Waals surface area contributed by atoms with Crippen LogP contribution in [0.2, 0.25) is 15.1 Å². The molecule has 0 radical (unpaired) electrons. The SMILES string of the molecule is CC(=O)Oc1c(Cl)cc(Cl)c2ccc(/C=C/c3c(F)ccc(Cl)c3F)nc12. The van der Waals surface area contributed by atoms with E-state index in [1.165, 1.54) is 25.1 Å². The van der Waals surface area contributed by atoms with Crippen LogP contribution in [-0.2, 0) is 4.79 Å². The van der Waals surface area contributed by atoms with Crippen molar-refractivity contribution in [3.8, 4) is 5.75 Å². The van der Waals surface area contributed by atoms with E-state index in [0.717, 1.165) is 12.1 Å². The number of benzene rings is 2. The monoisotopic (exact) mass is 427 g/mol. The molecule has 0 saturated carbocycles. The zero-order valence-electron chi connectivity index (χ0n) is 13.7. The minimum atomic E-state index is -0.875. The summed E-state index contributed by atoms with van der Waals surface area (Å²) in [6.45, 7) is 1.23. The first-order valence-electron chi connectivity index (χ1n) is 7.56. The molecule has 0 unspecified atom stereocenters. The fourth-order valence-electron chi connectivity index (χ4n) is 2.41. The third-order valence-corrected chi connectivity index (χ3v) is 4.49. The number of carbonyl (C=O) groups is 1. The number of rotatable bonds is 3. The van der Waals surface area contributed by atoms with Crippen LogP contribution >= 0.6 is 34.8 Å². The molecule has 0 fully saturated rings. The lowest BCUT2D eigenvalue weighted by molar-refractivity contribution is -0.131. The number of ether oxygens (including phenoxy) is 1. The summed E-state index contributed by atoms with van der Waals surface area (Å²) in [4.78, 5) is 15.7. The van der Waals surface area contributed by atoms with Crippen LogP contribution in [0.5, 0.6) is 5.75 Å². The van der Waals surface area contributed by atoms with E-state index in [1.807, 2.05) is 0 Å². The highest BCUT2D eigenvalue weighted by atomic mass is 35.5. The van der Waals surface area contributed by atoms with E-state index in [1.54, 1.807) is 12.1 Å². The number of halogens is 5. The number of pyridine rings is 1. The number of hydrogen-bond donors (Lipinski definition) is 0. The molecule has 8 heteroatoms. The van der Waals surface area contributed by atoms with E-state index in [4.69, 9.17) is 39.5 Å². The molecule has 0 N–H and O–H groups in total. The van der Waals surface area contributed by atoms with Crippen molar-refractivity contribution in [2.45, 2.75) is 6.92 Å². The Morgan fingerprint density at radius 3 is 2.48 bits per heavy atom. The Kier molecular flexibility index (Phi) is 5.65. The van der Waals surface area contributed by atoms with Crippen molar-refractivity contribution in [3.05, 3.63) is 68.3 Å². The van der Waals surface area contributed by atoms with Crippen LogP contribution < -0.4 is 4.74 Å². The van der Waals surface area contributed by atoms with Gasteiger partial charge >= 0.3 is 5.97 Å². The molecular formula is C19H10Cl3F2NO2. The van der Waals surface area contributed by atoms with Crippen molar-refractivity contribution in [1.82, 2.24) is 4.98 Å². The summed E-state index contributed by atoms with van der Waals surface area (Å²) in [5, 5.41) is 0.747. The van der Waals surface area contributed by atoms with Crippen molar-refractivity contribution in [2.75, 3.05) is 0 Å². The average Bonchev–Trinajstić information content (AvgIpc) is 2.61. The number of nitrogens with zero attached hydrogens (tertiary/aromatic N) is 1. The second-order valence-electron chi connectivity index (χ2n) is 5.49. The highest BCUT2D eigenvalue weighted by Crippen LogP contribution is 2.37. The maximum absolute atomic E-state index is 14.0. The standard InChI is InChI=1S/C19H10Cl3F2NO2/c1-9(26)27-19-15(22)8-14(21)11-4-2-10(25-18(11)19)3-5-12-16(23)7-6-13(20)17(12)24/h2-8H,1H3/b5-3+. The van der Waals surface area contributed by atoms with E-state index in [-0.39, 0.29) is 26.9 Å². The van der Waals surface area contributed by atoms with Crippen LogP contribution in [0.15, 0.2) is 30.3 Å². The summed E-state index contributed by atoms with van der Waals surface area (Å²) in [5.41, 5.74) is 0.290. The normalized spacial score (nSPS) is 11.3. The zero-order chi connectivity index (χ0) is 19.7. The molecular weight excluding hydrogens is 419 g/mol. The van der Waals surface area contributed by atoms with E-state index in [9.17, 15) is 13.6 Å². The van der Waals surface area contributed by atoms with Crippen molar-refractivity contribution in [1.29, 1.82) is 0 Å². The van der Waals surface area contributed by atoms with E-state index < -0.39 is 17.6 Å². The third-order valence-electron chi connectivity index (χ3n) is 3.61. The predicted octanol–water partition coefficient (Wildman–Crippen LogP) is 6.57. The number of aromatic nitrogens is 1. The highest BCUT2D eigenvalue weighted by molar-refractivity contribution is 6.39. The van der Waals surface area contributed by atoms with Crippen LogP contribution in [-0.4, -0.2) is 11.0 Å². The molecule has 3 rings (SSSR count). The molecule has 3 aromatic rings. The van der Waals surface area contributed by atoms with E-state index in [0.29, 0.717) is 16.1 Å². The number of hydrogen-bond acceptors (Lipinski definition) is 3. The minimum absolute atomic E-state index is 0.0546. The molecule has 138 valence electrons. The predicted molar refractivity (Wildman–Crippen MR) is 103 cm³/mol. The topological polar surface area (TPSA) is 39.2 Å². The summed E-state index contributed by atoms with van der Waals surface area (Å²) in [6, 6.07) is 6.87. The number of esters is 1. The molecule has 0 spiro atoms. The lowest BCUT2D eigenvalue weighted by Crippen LogP contribution is -2.03. The van der Waals surface area contributed by atoms with Gasteiger partial charge in [0, 0.05) is 17.9 Å². The fraction of sp³-hybridized carbons (Fsp3) is 0.0526. The first-order chi connectivity index (χ1) is 12.8. The quantitative estimate of drug-likeness (QED) is 0.269. The van der Waals surface area contributed by atoms with Gasteiger partial charge in [0.15, 0.2) is 11.6 Å². The highest BCUT2D eigenvalue weighted by Gasteiger charge is 2.15. The molecule has 0 aliphatic heterocycles. The first kappa shape index (κ1) is 19.5. The van der Waals surface area contributed by atoms with Gasteiger partial charge in [0.1, 0.15) is 11.3 Å². The third kappa shape index (κ3) is 4.05. The molecule has 1 heterocycles. The molecule has 0 atom stereocenters. The van der Waals surface area contributed by atoms with Gasteiger partial charge in [-0.15, -0.1) is 0 Å². The molecule has 0 saturated heterocycles. The van der Waals surface area contributed by atoms with Crippen LogP contribution in [0.3, 0.4) is 0 Å². The Hall–Kier alpha value is -2.21. The van der Waals surface area contributed by atoms with Crippen LogP contribution in [0.4, 0.5) is 8.78 Å². The van der Waals surface area contributed by atoms with Crippen molar-refractivity contribution >= 4 is 63.8 Å². The van der Waals surface area contributed by atoms with Gasteiger partial charge in [-0.1, -0.05) is 34.8 Å². The Morgan fingerprint density at radius 2 is 1.78 bits per heavy atom. The maximum atomic E-state index is 14.0. The number of fused-ring (bicyclic) bond motifs is 1. The summed E-state index contributed by atoms with van der Waals surface area (Å²) in [5.74, 6) is -2.16. The summed E-state index contributed by atoms with van der Waals surface area (Å²) in [7, 11) is 0. The van der Waals surface area contributed by atoms with Gasteiger partial charge in [-0.2, -0.15) is 0 Å². The molecule has 1 aromatic heterocycles. The Bertz CT molecular complexity index is 1100. The lowest BCUT2D eigenvalue weighted by atomic mass is 10.1. The summed E-state index contributed by atoms with van der Waals surface area (Å²) < 4.78 is 33.0. The van der Waals surface area contributed by atoms with Crippen LogP contribution in [0.25, 0.3) is 23.1 Å². The molecule has 0 aliphatic carbocycles. The Morgan fingerprint density at radius 1 is 1.04 bits per heavy atom. The van der Waals surface area contributed by atoms with Gasteiger partial charge < -0.3 is 4.74 Å². The average molecular weight is 429 g/mol. The molecule has 0 bridgehead atoms.